The minimum Gasteiger partial charge on any atom is -0.359 e. The van der Waals surface area contributed by atoms with E-state index in [1.54, 1.807) is 6.92 Å². The fraction of sp³-hybridized carbons (Fsp3) is 0.320. The number of fused-ring (bicyclic) bond motifs is 2. The van der Waals surface area contributed by atoms with E-state index in [0.29, 0.717) is 16.0 Å². The first-order valence-corrected chi connectivity index (χ1v) is 11.5. The molecule has 5 rings (SSSR count). The summed E-state index contributed by atoms with van der Waals surface area (Å²) in [5.74, 6) is 0.534. The van der Waals surface area contributed by atoms with Crippen LogP contribution in [0.3, 0.4) is 0 Å². The molecule has 2 aromatic carbocycles. The van der Waals surface area contributed by atoms with Gasteiger partial charge in [-0.25, -0.2) is 0 Å². The number of aromatic nitrogens is 1. The number of anilines is 1. The number of carbonyl (C=O) groups excluding carboxylic acids is 1. The molecule has 0 aliphatic carbocycles. The summed E-state index contributed by atoms with van der Waals surface area (Å²) in [6.07, 6.45) is 6.44. The summed E-state index contributed by atoms with van der Waals surface area (Å²) in [6.45, 7) is 5.45. The topological polar surface area (TPSA) is 39.3 Å². The van der Waals surface area contributed by atoms with Crippen molar-refractivity contribution in [2.24, 2.45) is 0 Å². The molecule has 1 atom stereocenters. The summed E-state index contributed by atoms with van der Waals surface area (Å²) in [4.78, 5) is 19.7. The van der Waals surface area contributed by atoms with Gasteiger partial charge in [-0.15, -0.1) is 0 Å². The second kappa shape index (κ2) is 8.34. The lowest BCUT2D eigenvalue weighted by Crippen LogP contribution is -2.31. The van der Waals surface area contributed by atoms with Crippen LogP contribution in [0, 0.1) is 0 Å². The lowest BCUT2D eigenvalue weighted by atomic mass is 9.96. The Kier molecular flexibility index (Phi) is 5.55. The predicted octanol–water partition coefficient (Wildman–Crippen LogP) is 6.10. The monoisotopic (exact) mass is 453 g/mol. The third-order valence-corrected chi connectivity index (χ3v) is 7.43. The van der Waals surface area contributed by atoms with E-state index in [-0.39, 0.29) is 5.91 Å². The molecule has 160 valence electrons. The highest BCUT2D eigenvalue weighted by molar-refractivity contribution is 6.45. The summed E-state index contributed by atoms with van der Waals surface area (Å²) in [5, 5.41) is 2.28. The number of hydrogen-bond donors (Lipinski definition) is 1. The molecule has 1 N–H and O–H groups in total. The number of nitrogens with one attached hydrogen (secondary N) is 1. The van der Waals surface area contributed by atoms with Gasteiger partial charge >= 0.3 is 0 Å². The first-order valence-electron chi connectivity index (χ1n) is 10.8. The van der Waals surface area contributed by atoms with Crippen LogP contribution < -0.4 is 4.90 Å². The van der Waals surface area contributed by atoms with Gasteiger partial charge in [-0.05, 0) is 42.7 Å². The van der Waals surface area contributed by atoms with Crippen molar-refractivity contribution in [3.05, 3.63) is 69.8 Å². The van der Waals surface area contributed by atoms with Crippen LogP contribution in [0.5, 0.6) is 0 Å². The van der Waals surface area contributed by atoms with E-state index in [1.807, 2.05) is 29.3 Å². The van der Waals surface area contributed by atoms with Gasteiger partial charge in [0.1, 0.15) is 0 Å². The molecule has 1 unspecified atom stereocenters. The second-order valence-electron chi connectivity index (χ2n) is 8.44. The van der Waals surface area contributed by atoms with Crippen LogP contribution in [-0.4, -0.2) is 42.0 Å². The first-order chi connectivity index (χ1) is 15.0. The van der Waals surface area contributed by atoms with E-state index in [2.05, 4.69) is 34.2 Å². The highest BCUT2D eigenvalue weighted by atomic mass is 35.5. The van der Waals surface area contributed by atoms with Gasteiger partial charge < -0.3 is 9.88 Å². The number of para-hydroxylation sites is 1. The van der Waals surface area contributed by atoms with Gasteiger partial charge in [-0.2, -0.15) is 0 Å². The van der Waals surface area contributed by atoms with E-state index in [4.69, 9.17) is 23.2 Å². The van der Waals surface area contributed by atoms with Crippen LogP contribution >= 0.6 is 23.2 Å². The number of amides is 1. The zero-order chi connectivity index (χ0) is 21.5. The molecule has 2 aliphatic heterocycles. The smallest absolute Gasteiger partial charge is 0.223 e. The van der Waals surface area contributed by atoms with Crippen LogP contribution in [0.2, 0.25) is 10.0 Å². The fourth-order valence-electron chi connectivity index (χ4n) is 4.94. The molecular formula is C25H25Cl2N3O. The maximum atomic E-state index is 12.0. The van der Waals surface area contributed by atoms with Crippen molar-refractivity contribution in [2.75, 3.05) is 31.1 Å². The molecule has 0 fully saturated rings. The molecule has 0 spiro atoms. The second-order valence-corrected chi connectivity index (χ2v) is 9.23. The number of H-pyrrole nitrogens is 1. The number of carbonyl (C=O) groups is 1. The lowest BCUT2D eigenvalue weighted by molar-refractivity contribution is -0.116. The molecule has 2 aliphatic rings. The van der Waals surface area contributed by atoms with Gasteiger partial charge in [-0.3, -0.25) is 9.69 Å². The summed E-state index contributed by atoms with van der Waals surface area (Å²) < 4.78 is 0. The minimum absolute atomic E-state index is 0.126. The number of rotatable bonds is 4. The highest BCUT2D eigenvalue weighted by Crippen LogP contribution is 2.39. The molecule has 31 heavy (non-hydrogen) atoms. The normalized spacial score (nSPS) is 19.0. The maximum Gasteiger partial charge on any atom is 0.223 e. The third-order valence-electron chi connectivity index (χ3n) is 6.63. The van der Waals surface area contributed by atoms with E-state index in [9.17, 15) is 4.79 Å². The number of hydrogen-bond acceptors (Lipinski definition) is 2. The number of nitrogens with zero attached hydrogens (tertiary/aromatic N) is 2. The molecule has 4 nitrogen and oxygen atoms in total. The average Bonchev–Trinajstić information content (AvgIpc) is 3.38. The molecule has 0 saturated heterocycles. The van der Waals surface area contributed by atoms with E-state index >= 15 is 0 Å². The summed E-state index contributed by atoms with van der Waals surface area (Å²) in [5.41, 5.74) is 5.87. The van der Waals surface area contributed by atoms with Crippen molar-refractivity contribution in [3.8, 4) is 0 Å². The average molecular weight is 454 g/mol. The Balaban J connectivity index is 1.26. The maximum absolute atomic E-state index is 12.0. The van der Waals surface area contributed by atoms with Crippen LogP contribution in [-0.2, 0) is 4.79 Å². The van der Waals surface area contributed by atoms with Gasteiger partial charge in [0.05, 0.1) is 15.6 Å². The SMILES string of the molecule is CC(=O)N1CC(CCN2CC=C(c3c[nH]c4c(Cl)c(Cl)ccc34)CC2)c2ccccc21. The number of halogens is 2. The van der Waals surface area contributed by atoms with E-state index < -0.39 is 0 Å². The molecule has 0 saturated carbocycles. The largest absolute Gasteiger partial charge is 0.359 e. The first kappa shape index (κ1) is 20.6. The van der Waals surface area contributed by atoms with Gasteiger partial charge in [-0.1, -0.05) is 53.5 Å². The van der Waals surface area contributed by atoms with Gasteiger partial charge in [0.15, 0.2) is 0 Å². The number of aromatic amines is 1. The Labute approximate surface area is 192 Å². The summed E-state index contributed by atoms with van der Waals surface area (Å²) >= 11 is 12.5. The minimum atomic E-state index is 0.126. The van der Waals surface area contributed by atoms with Crippen molar-refractivity contribution >= 4 is 51.3 Å². The molecule has 3 heterocycles. The van der Waals surface area contributed by atoms with Crippen LogP contribution in [0.1, 0.15) is 36.8 Å². The van der Waals surface area contributed by atoms with Crippen LogP contribution in [0.4, 0.5) is 5.69 Å². The fourth-order valence-corrected chi connectivity index (χ4v) is 5.32. The van der Waals surface area contributed by atoms with Crippen LogP contribution in [0.15, 0.2) is 48.7 Å². The van der Waals surface area contributed by atoms with Gasteiger partial charge in [0.2, 0.25) is 5.91 Å². The molecule has 0 radical (unpaired) electrons. The quantitative estimate of drug-likeness (QED) is 0.517. The molecule has 0 bridgehead atoms. The van der Waals surface area contributed by atoms with E-state index in [1.165, 1.54) is 16.7 Å². The Bertz CT molecular complexity index is 1180. The van der Waals surface area contributed by atoms with Crippen molar-refractivity contribution in [3.63, 3.8) is 0 Å². The van der Waals surface area contributed by atoms with Gasteiger partial charge in [0, 0.05) is 55.3 Å². The van der Waals surface area contributed by atoms with Crippen LogP contribution in [0.25, 0.3) is 16.5 Å². The third kappa shape index (κ3) is 3.78. The molecule has 6 heteroatoms. The molecule has 3 aromatic rings. The van der Waals surface area contributed by atoms with Crippen molar-refractivity contribution in [1.82, 2.24) is 9.88 Å². The lowest BCUT2D eigenvalue weighted by Gasteiger charge is -2.27. The Morgan fingerprint density at radius 3 is 2.81 bits per heavy atom. The molecule has 1 aromatic heterocycles. The number of benzene rings is 2. The van der Waals surface area contributed by atoms with Crippen molar-refractivity contribution in [1.29, 1.82) is 0 Å². The van der Waals surface area contributed by atoms with Crippen molar-refractivity contribution in [2.45, 2.75) is 25.7 Å². The molecule has 1 amide bonds. The zero-order valence-corrected chi connectivity index (χ0v) is 19.0. The summed E-state index contributed by atoms with van der Waals surface area (Å²) in [7, 11) is 0. The van der Waals surface area contributed by atoms with Crippen molar-refractivity contribution < 1.29 is 4.79 Å². The highest BCUT2D eigenvalue weighted by Gasteiger charge is 2.30. The Hall–Kier alpha value is -2.27. The Morgan fingerprint density at radius 2 is 2.03 bits per heavy atom. The standard InChI is InChI=1S/C25H25Cl2N3O/c1-16(31)30-15-18(19-4-2-3-5-23(19)30)10-13-29-11-8-17(9-12-29)21-14-28-25-20(21)6-7-22(26)24(25)27/h2-8,14,18,28H,9-13,15H2,1H3. The predicted molar refractivity (Wildman–Crippen MR) is 129 cm³/mol. The van der Waals surface area contributed by atoms with Gasteiger partial charge in [0.25, 0.3) is 0 Å². The zero-order valence-electron chi connectivity index (χ0n) is 17.5. The molecular weight excluding hydrogens is 429 g/mol. The van der Waals surface area contributed by atoms with E-state index in [0.717, 1.165) is 55.6 Å². The Morgan fingerprint density at radius 1 is 1.19 bits per heavy atom. The summed E-state index contributed by atoms with van der Waals surface area (Å²) in [6, 6.07) is 12.2.